The molecule has 3 fully saturated rings. The number of likely N-dealkylation sites (tertiary alicyclic amines) is 2. The van der Waals surface area contributed by atoms with Gasteiger partial charge in [-0.1, -0.05) is 17.7 Å². The van der Waals surface area contributed by atoms with E-state index in [0.717, 1.165) is 31.5 Å². The Hall–Kier alpha value is -1.93. The first-order valence-electron chi connectivity index (χ1n) is 11.5. The van der Waals surface area contributed by atoms with Gasteiger partial charge in [0.1, 0.15) is 6.04 Å². The number of rotatable bonds is 4. The van der Waals surface area contributed by atoms with E-state index in [4.69, 9.17) is 0 Å². The van der Waals surface area contributed by atoms with Crippen molar-refractivity contribution in [1.82, 2.24) is 14.1 Å². The molecular formula is C23H33N3O4S. The van der Waals surface area contributed by atoms with Crippen molar-refractivity contribution in [3.8, 4) is 0 Å². The fourth-order valence-corrected chi connectivity index (χ4v) is 6.70. The maximum atomic E-state index is 13.2. The van der Waals surface area contributed by atoms with Crippen LogP contribution in [0.1, 0.15) is 50.5 Å². The summed E-state index contributed by atoms with van der Waals surface area (Å²) in [7, 11) is -3.70. The van der Waals surface area contributed by atoms with E-state index in [0.29, 0.717) is 45.3 Å². The second-order valence-electron chi connectivity index (χ2n) is 9.07. The van der Waals surface area contributed by atoms with Gasteiger partial charge in [0.2, 0.25) is 21.8 Å². The average molecular weight is 448 g/mol. The number of aryl methyl sites for hydroxylation is 1. The summed E-state index contributed by atoms with van der Waals surface area (Å²) in [6, 6.07) is 6.15. The van der Waals surface area contributed by atoms with E-state index in [1.165, 1.54) is 10.7 Å². The molecule has 0 aliphatic carbocycles. The lowest BCUT2D eigenvalue weighted by Gasteiger charge is -2.37. The Bertz CT molecular complexity index is 901. The summed E-state index contributed by atoms with van der Waals surface area (Å²) < 4.78 is 27.7. The molecule has 1 aromatic carbocycles. The van der Waals surface area contributed by atoms with Crippen LogP contribution in [0, 0.1) is 12.8 Å². The monoisotopic (exact) mass is 447 g/mol. The first kappa shape index (κ1) is 22.3. The third kappa shape index (κ3) is 4.65. The van der Waals surface area contributed by atoms with E-state index in [-0.39, 0.29) is 22.6 Å². The third-order valence-electron chi connectivity index (χ3n) is 6.94. The zero-order valence-electron chi connectivity index (χ0n) is 18.3. The number of benzene rings is 1. The highest BCUT2D eigenvalue weighted by Crippen LogP contribution is 2.29. The predicted molar refractivity (Wildman–Crippen MR) is 118 cm³/mol. The van der Waals surface area contributed by atoms with Crippen LogP contribution >= 0.6 is 0 Å². The van der Waals surface area contributed by atoms with Crippen molar-refractivity contribution in [2.75, 3.05) is 32.7 Å². The number of amides is 2. The molecule has 0 spiro atoms. The molecule has 0 radical (unpaired) electrons. The Morgan fingerprint density at radius 1 is 0.774 bits per heavy atom. The zero-order chi connectivity index (χ0) is 22.0. The highest BCUT2D eigenvalue weighted by atomic mass is 32.2. The number of nitrogens with zero attached hydrogens (tertiary/aromatic N) is 3. The Labute approximate surface area is 185 Å². The van der Waals surface area contributed by atoms with Crippen LogP contribution in [0.4, 0.5) is 0 Å². The van der Waals surface area contributed by atoms with Gasteiger partial charge in [0, 0.05) is 38.6 Å². The van der Waals surface area contributed by atoms with Crippen LogP contribution in [0.25, 0.3) is 0 Å². The lowest BCUT2D eigenvalue weighted by Crippen LogP contribution is -2.51. The minimum atomic E-state index is -3.70. The minimum Gasteiger partial charge on any atom is -0.342 e. The molecule has 3 heterocycles. The summed E-state index contributed by atoms with van der Waals surface area (Å²) in [5.74, 6) is 0.103. The largest absolute Gasteiger partial charge is 0.342 e. The highest BCUT2D eigenvalue weighted by Gasteiger charge is 2.42. The van der Waals surface area contributed by atoms with Crippen LogP contribution < -0.4 is 0 Å². The van der Waals surface area contributed by atoms with Crippen molar-refractivity contribution in [2.45, 2.75) is 62.8 Å². The SMILES string of the molecule is Cc1ccc(S(=O)(=O)N2CCCC2C(=O)N2CCC(C(=O)N3CCCCC3)CC2)cc1. The Balaban J connectivity index is 1.39. The summed E-state index contributed by atoms with van der Waals surface area (Å²) in [6.45, 7) is 5.04. The van der Waals surface area contributed by atoms with Crippen LogP contribution in [0.3, 0.4) is 0 Å². The van der Waals surface area contributed by atoms with Crippen molar-refractivity contribution in [1.29, 1.82) is 0 Å². The Kier molecular flexibility index (Phi) is 6.67. The smallest absolute Gasteiger partial charge is 0.243 e. The van der Waals surface area contributed by atoms with Gasteiger partial charge in [-0.3, -0.25) is 9.59 Å². The molecule has 0 aromatic heterocycles. The normalized spacial score (nSPS) is 23.8. The van der Waals surface area contributed by atoms with Gasteiger partial charge in [0.05, 0.1) is 4.90 Å². The number of piperidine rings is 2. The van der Waals surface area contributed by atoms with Crippen molar-refractivity contribution in [3.05, 3.63) is 29.8 Å². The van der Waals surface area contributed by atoms with Gasteiger partial charge in [0.25, 0.3) is 0 Å². The van der Waals surface area contributed by atoms with Crippen molar-refractivity contribution < 1.29 is 18.0 Å². The summed E-state index contributed by atoms with van der Waals surface area (Å²) in [4.78, 5) is 30.0. The second kappa shape index (κ2) is 9.28. The molecule has 31 heavy (non-hydrogen) atoms. The minimum absolute atomic E-state index is 0.0156. The van der Waals surface area contributed by atoms with Gasteiger partial charge >= 0.3 is 0 Å². The van der Waals surface area contributed by atoms with Gasteiger partial charge in [-0.25, -0.2) is 8.42 Å². The summed E-state index contributed by atoms with van der Waals surface area (Å²) >= 11 is 0. The predicted octanol–water partition coefficient (Wildman–Crippen LogP) is 2.40. The van der Waals surface area contributed by atoms with E-state index in [1.807, 2.05) is 11.8 Å². The molecular weight excluding hydrogens is 414 g/mol. The lowest BCUT2D eigenvalue weighted by molar-refractivity contribution is -0.142. The molecule has 2 amide bonds. The number of sulfonamides is 1. The van der Waals surface area contributed by atoms with E-state index in [9.17, 15) is 18.0 Å². The van der Waals surface area contributed by atoms with Gasteiger partial charge < -0.3 is 9.80 Å². The summed E-state index contributed by atoms with van der Waals surface area (Å²) in [5.41, 5.74) is 0.995. The maximum absolute atomic E-state index is 13.2. The molecule has 8 heteroatoms. The Morgan fingerprint density at radius 2 is 1.39 bits per heavy atom. The lowest BCUT2D eigenvalue weighted by atomic mass is 9.94. The molecule has 3 aliphatic rings. The standard InChI is InChI=1S/C23H33N3O4S/c1-18-7-9-20(10-8-18)31(29,30)26-15-5-6-21(26)23(28)25-16-11-19(12-17-25)22(27)24-13-3-2-4-14-24/h7-10,19,21H,2-6,11-17H2,1H3. The molecule has 0 N–H and O–H groups in total. The van der Waals surface area contributed by atoms with E-state index in [1.54, 1.807) is 29.2 Å². The molecule has 170 valence electrons. The van der Waals surface area contributed by atoms with Crippen molar-refractivity contribution >= 4 is 21.8 Å². The second-order valence-corrected chi connectivity index (χ2v) is 11.0. The van der Waals surface area contributed by atoms with Crippen LogP contribution in [0.15, 0.2) is 29.2 Å². The van der Waals surface area contributed by atoms with Crippen LogP contribution in [-0.4, -0.2) is 73.1 Å². The van der Waals surface area contributed by atoms with E-state index in [2.05, 4.69) is 0 Å². The topological polar surface area (TPSA) is 78.0 Å². The molecule has 3 saturated heterocycles. The number of carbonyl (C=O) groups is 2. The molecule has 1 unspecified atom stereocenters. The summed E-state index contributed by atoms with van der Waals surface area (Å²) in [6.07, 6.45) is 5.92. The van der Waals surface area contributed by atoms with Crippen LogP contribution in [0.5, 0.6) is 0 Å². The van der Waals surface area contributed by atoms with E-state index < -0.39 is 16.1 Å². The fraction of sp³-hybridized carbons (Fsp3) is 0.652. The molecule has 0 bridgehead atoms. The number of hydrogen-bond donors (Lipinski definition) is 0. The highest BCUT2D eigenvalue weighted by molar-refractivity contribution is 7.89. The number of hydrogen-bond acceptors (Lipinski definition) is 4. The quantitative estimate of drug-likeness (QED) is 0.710. The molecule has 1 aromatic rings. The molecule has 1 atom stereocenters. The first-order chi connectivity index (χ1) is 14.9. The Morgan fingerprint density at radius 3 is 2.03 bits per heavy atom. The van der Waals surface area contributed by atoms with Gasteiger partial charge in [0.15, 0.2) is 0 Å². The fourth-order valence-electron chi connectivity index (χ4n) is 5.05. The van der Waals surface area contributed by atoms with Crippen LogP contribution in [-0.2, 0) is 19.6 Å². The average Bonchev–Trinajstić information content (AvgIpc) is 3.30. The van der Waals surface area contributed by atoms with Gasteiger partial charge in [-0.05, 0) is 64.0 Å². The molecule has 3 aliphatic heterocycles. The molecule has 0 saturated carbocycles. The summed E-state index contributed by atoms with van der Waals surface area (Å²) in [5, 5.41) is 0. The first-order valence-corrected chi connectivity index (χ1v) is 13.0. The third-order valence-corrected chi connectivity index (χ3v) is 8.86. The van der Waals surface area contributed by atoms with Crippen molar-refractivity contribution in [2.24, 2.45) is 5.92 Å². The number of carbonyl (C=O) groups excluding carboxylic acids is 2. The zero-order valence-corrected chi connectivity index (χ0v) is 19.1. The van der Waals surface area contributed by atoms with Gasteiger partial charge in [-0.2, -0.15) is 4.31 Å². The maximum Gasteiger partial charge on any atom is 0.243 e. The van der Waals surface area contributed by atoms with Gasteiger partial charge in [-0.15, -0.1) is 0 Å². The molecule has 7 nitrogen and oxygen atoms in total. The van der Waals surface area contributed by atoms with Crippen LogP contribution in [0.2, 0.25) is 0 Å². The molecule has 4 rings (SSSR count). The van der Waals surface area contributed by atoms with Crippen molar-refractivity contribution in [3.63, 3.8) is 0 Å². The van der Waals surface area contributed by atoms with E-state index >= 15 is 0 Å².